The topological polar surface area (TPSA) is 21.3 Å². The van der Waals surface area contributed by atoms with Gasteiger partial charge in [0.25, 0.3) is 0 Å². The fourth-order valence-electron chi connectivity index (χ4n) is 2.45. The summed E-state index contributed by atoms with van der Waals surface area (Å²) < 4.78 is 19.1. The summed E-state index contributed by atoms with van der Waals surface area (Å²) in [4.78, 5) is 0. The molecule has 2 aliphatic rings. The van der Waals surface area contributed by atoms with Gasteiger partial charge in [-0.05, 0) is 12.1 Å². The maximum atomic E-state index is 13.3. The molecule has 3 rings (SSSR count). The lowest BCUT2D eigenvalue weighted by molar-refractivity contribution is 0.142. The highest BCUT2D eigenvalue weighted by Gasteiger charge is 2.30. The zero-order valence-electron chi connectivity index (χ0n) is 9.20. The second kappa shape index (κ2) is 4.31. The Morgan fingerprint density at radius 1 is 1.24 bits per heavy atom. The Morgan fingerprint density at radius 3 is 2.59 bits per heavy atom. The summed E-state index contributed by atoms with van der Waals surface area (Å²) in [7, 11) is 0. The molecule has 0 spiro atoms. The maximum Gasteiger partial charge on any atom is 0.145 e. The third-order valence-electron chi connectivity index (χ3n) is 3.23. The molecule has 1 unspecified atom stereocenters. The van der Waals surface area contributed by atoms with Gasteiger partial charge in [0.1, 0.15) is 17.7 Å². The average molecular weight is 254 g/mol. The van der Waals surface area contributed by atoms with E-state index in [-0.39, 0.29) is 11.1 Å². The molecule has 0 aliphatic carbocycles. The number of ether oxygens (including phenoxy) is 1. The third-order valence-corrected chi connectivity index (χ3v) is 3.54. The smallest absolute Gasteiger partial charge is 0.145 e. The largest absolute Gasteiger partial charge is 0.490 e. The van der Waals surface area contributed by atoms with Crippen molar-refractivity contribution in [3.8, 4) is 5.75 Å². The minimum absolute atomic E-state index is 0.129. The fraction of sp³-hybridized carbons (Fsp3) is 0.385. The minimum atomic E-state index is -0.431. The molecule has 0 saturated carbocycles. The monoisotopic (exact) mass is 253 g/mol. The van der Waals surface area contributed by atoms with E-state index in [1.54, 1.807) is 6.07 Å². The first-order chi connectivity index (χ1) is 8.20. The van der Waals surface area contributed by atoms with Crippen molar-refractivity contribution in [2.24, 2.45) is 0 Å². The van der Waals surface area contributed by atoms with Crippen LogP contribution in [0, 0.1) is 5.82 Å². The van der Waals surface area contributed by atoms with Crippen LogP contribution in [0.2, 0.25) is 5.02 Å². The van der Waals surface area contributed by atoms with Crippen molar-refractivity contribution in [1.82, 2.24) is 5.32 Å². The molecule has 2 bridgehead atoms. The molecule has 17 heavy (non-hydrogen) atoms. The second-order valence-corrected chi connectivity index (χ2v) is 4.96. The van der Waals surface area contributed by atoms with E-state index in [0.717, 1.165) is 12.8 Å². The highest BCUT2D eigenvalue weighted by molar-refractivity contribution is 6.30. The normalized spacial score (nSPS) is 30.6. The van der Waals surface area contributed by atoms with E-state index in [2.05, 4.69) is 17.5 Å². The van der Waals surface area contributed by atoms with Gasteiger partial charge in [-0.1, -0.05) is 23.8 Å². The first kappa shape index (κ1) is 11.1. The van der Waals surface area contributed by atoms with Crippen LogP contribution < -0.4 is 10.1 Å². The Hall–Kier alpha value is -1.06. The van der Waals surface area contributed by atoms with Crippen molar-refractivity contribution >= 4 is 11.6 Å². The van der Waals surface area contributed by atoms with E-state index < -0.39 is 5.82 Å². The zero-order valence-corrected chi connectivity index (χ0v) is 9.95. The molecule has 2 aliphatic heterocycles. The van der Waals surface area contributed by atoms with Gasteiger partial charge < -0.3 is 10.1 Å². The summed E-state index contributed by atoms with van der Waals surface area (Å²) in [6.07, 6.45) is 6.35. The standard InChI is InChI=1S/C13H13ClFNO/c14-12-4-3-10(7-13(12)15)17-11-5-8-1-2-9(6-11)16-8/h1-4,7-9,11,16H,5-6H2/t8-,9+,11?. The van der Waals surface area contributed by atoms with Gasteiger partial charge in [-0.2, -0.15) is 0 Å². The van der Waals surface area contributed by atoms with Crippen molar-refractivity contribution < 1.29 is 9.13 Å². The van der Waals surface area contributed by atoms with Gasteiger partial charge in [0.15, 0.2) is 0 Å². The molecule has 1 aromatic carbocycles. The van der Waals surface area contributed by atoms with E-state index in [0.29, 0.717) is 17.8 Å². The van der Waals surface area contributed by atoms with Gasteiger partial charge in [-0.3, -0.25) is 0 Å². The van der Waals surface area contributed by atoms with Crippen LogP contribution in [0.3, 0.4) is 0 Å². The Morgan fingerprint density at radius 2 is 1.94 bits per heavy atom. The number of nitrogens with one attached hydrogen (secondary N) is 1. The van der Waals surface area contributed by atoms with Crippen LogP contribution in [0.5, 0.6) is 5.75 Å². The van der Waals surface area contributed by atoms with Crippen LogP contribution >= 0.6 is 11.6 Å². The number of hydrogen-bond donors (Lipinski definition) is 1. The molecule has 3 atom stereocenters. The summed E-state index contributed by atoms with van der Waals surface area (Å²) in [5, 5.41) is 3.57. The maximum absolute atomic E-state index is 13.3. The Kier molecular flexibility index (Phi) is 2.81. The summed E-state index contributed by atoms with van der Waals surface area (Å²) in [6, 6.07) is 5.38. The van der Waals surface area contributed by atoms with Gasteiger partial charge in [0, 0.05) is 31.0 Å². The first-order valence-electron chi connectivity index (χ1n) is 5.77. The van der Waals surface area contributed by atoms with Crippen LogP contribution in [-0.2, 0) is 0 Å². The molecule has 90 valence electrons. The fourth-order valence-corrected chi connectivity index (χ4v) is 2.57. The summed E-state index contributed by atoms with van der Waals surface area (Å²) in [6.45, 7) is 0. The molecule has 0 amide bonds. The van der Waals surface area contributed by atoms with Crippen LogP contribution in [0.15, 0.2) is 30.4 Å². The molecular formula is C13H13ClFNO. The van der Waals surface area contributed by atoms with Crippen LogP contribution in [0.25, 0.3) is 0 Å². The Balaban J connectivity index is 1.69. The van der Waals surface area contributed by atoms with Crippen LogP contribution in [0.4, 0.5) is 4.39 Å². The van der Waals surface area contributed by atoms with E-state index in [1.807, 2.05) is 0 Å². The Bertz CT molecular complexity index is 449. The molecule has 0 radical (unpaired) electrons. The molecule has 1 N–H and O–H groups in total. The van der Waals surface area contributed by atoms with E-state index >= 15 is 0 Å². The SMILES string of the molecule is Fc1cc(OC2C[C@H]3C=C[C@@H](C2)N3)ccc1Cl. The predicted molar refractivity (Wildman–Crippen MR) is 64.9 cm³/mol. The first-order valence-corrected chi connectivity index (χ1v) is 6.14. The lowest BCUT2D eigenvalue weighted by Crippen LogP contribution is -2.43. The van der Waals surface area contributed by atoms with Gasteiger partial charge in [-0.15, -0.1) is 0 Å². The lowest BCUT2D eigenvalue weighted by Gasteiger charge is -2.29. The minimum Gasteiger partial charge on any atom is -0.490 e. The zero-order chi connectivity index (χ0) is 11.8. The molecule has 4 heteroatoms. The molecule has 1 aromatic rings. The molecule has 2 heterocycles. The quantitative estimate of drug-likeness (QED) is 0.819. The number of rotatable bonds is 2. The van der Waals surface area contributed by atoms with Crippen molar-refractivity contribution in [1.29, 1.82) is 0 Å². The van der Waals surface area contributed by atoms with Crippen LogP contribution in [-0.4, -0.2) is 18.2 Å². The van der Waals surface area contributed by atoms with Gasteiger partial charge in [0.05, 0.1) is 5.02 Å². The van der Waals surface area contributed by atoms with Crippen molar-refractivity contribution in [3.63, 3.8) is 0 Å². The van der Waals surface area contributed by atoms with Gasteiger partial charge in [-0.25, -0.2) is 4.39 Å². The number of piperidine rings is 1. The summed E-state index contributed by atoms with van der Waals surface area (Å²) >= 11 is 5.63. The third kappa shape index (κ3) is 2.31. The Labute approximate surface area is 104 Å². The molecule has 1 fully saturated rings. The summed E-state index contributed by atoms with van der Waals surface area (Å²) in [5.41, 5.74) is 0. The molecule has 2 nitrogen and oxygen atoms in total. The van der Waals surface area contributed by atoms with Gasteiger partial charge >= 0.3 is 0 Å². The number of fused-ring (bicyclic) bond motifs is 2. The van der Waals surface area contributed by atoms with Crippen molar-refractivity contribution in [2.45, 2.75) is 31.0 Å². The summed E-state index contributed by atoms with van der Waals surface area (Å²) in [5.74, 6) is 0.123. The molecule has 1 saturated heterocycles. The average Bonchev–Trinajstić information content (AvgIpc) is 2.64. The highest BCUT2D eigenvalue weighted by atomic mass is 35.5. The van der Waals surface area contributed by atoms with Crippen LogP contribution in [0.1, 0.15) is 12.8 Å². The second-order valence-electron chi connectivity index (χ2n) is 4.55. The van der Waals surface area contributed by atoms with Crippen molar-refractivity contribution in [2.75, 3.05) is 0 Å². The molecular weight excluding hydrogens is 241 g/mol. The van der Waals surface area contributed by atoms with E-state index in [1.165, 1.54) is 12.1 Å². The lowest BCUT2D eigenvalue weighted by atomic mass is 10.0. The van der Waals surface area contributed by atoms with Gasteiger partial charge in [0.2, 0.25) is 0 Å². The number of hydrogen-bond acceptors (Lipinski definition) is 2. The van der Waals surface area contributed by atoms with E-state index in [4.69, 9.17) is 16.3 Å². The van der Waals surface area contributed by atoms with E-state index in [9.17, 15) is 4.39 Å². The number of halogens is 2. The highest BCUT2D eigenvalue weighted by Crippen LogP contribution is 2.27. The number of benzene rings is 1. The predicted octanol–water partition coefficient (Wildman–Crippen LogP) is 2.92. The molecule has 0 aromatic heterocycles. The van der Waals surface area contributed by atoms with Crippen molar-refractivity contribution in [3.05, 3.63) is 41.2 Å².